The number of aromatic nitrogens is 1. The van der Waals surface area contributed by atoms with Crippen LogP contribution >= 0.6 is 23.1 Å². The van der Waals surface area contributed by atoms with Crippen molar-refractivity contribution >= 4 is 34.9 Å². The van der Waals surface area contributed by atoms with Gasteiger partial charge in [0.25, 0.3) is 5.91 Å². The molecular weight excluding hydrogens is 398 g/mol. The van der Waals surface area contributed by atoms with E-state index in [4.69, 9.17) is 9.47 Å². The number of ether oxygens (including phenoxy) is 2. The van der Waals surface area contributed by atoms with Crippen molar-refractivity contribution in [3.8, 4) is 11.5 Å². The number of amides is 2. The summed E-state index contributed by atoms with van der Waals surface area (Å²) in [4.78, 5) is 33.1. The first-order chi connectivity index (χ1) is 13.6. The molecule has 1 saturated heterocycles. The zero-order valence-electron chi connectivity index (χ0n) is 15.5. The van der Waals surface area contributed by atoms with Gasteiger partial charge in [-0.1, -0.05) is 23.9 Å². The monoisotopic (exact) mass is 419 g/mol. The molecule has 3 heterocycles. The van der Waals surface area contributed by atoms with Crippen LogP contribution in [0.1, 0.15) is 5.69 Å². The smallest absolute Gasteiger partial charge is 0.267 e. The second-order valence-corrected chi connectivity index (χ2v) is 8.69. The molecule has 1 atom stereocenters. The Kier molecular flexibility index (Phi) is 5.72. The molecular formula is C19H21N3O4S2. The highest BCUT2D eigenvalue weighted by Gasteiger charge is 2.33. The van der Waals surface area contributed by atoms with Crippen LogP contribution in [0.15, 0.2) is 34.0 Å². The highest BCUT2D eigenvalue weighted by molar-refractivity contribution is 8.01. The van der Waals surface area contributed by atoms with E-state index in [1.807, 2.05) is 35.4 Å². The van der Waals surface area contributed by atoms with Crippen molar-refractivity contribution < 1.29 is 19.1 Å². The number of benzene rings is 1. The summed E-state index contributed by atoms with van der Waals surface area (Å²) in [5.74, 6) is 1.62. The molecule has 9 heteroatoms. The van der Waals surface area contributed by atoms with Gasteiger partial charge in [0.05, 0.1) is 5.75 Å². The largest absolute Gasteiger partial charge is 0.485 e. The number of thiazole rings is 1. The third-order valence-electron chi connectivity index (χ3n) is 4.65. The van der Waals surface area contributed by atoms with Gasteiger partial charge in [-0.15, -0.1) is 11.3 Å². The van der Waals surface area contributed by atoms with Crippen LogP contribution in [0.2, 0.25) is 0 Å². The Hall–Kier alpha value is -2.26. The van der Waals surface area contributed by atoms with E-state index in [0.717, 1.165) is 10.0 Å². The molecule has 0 N–H and O–H groups in total. The zero-order valence-corrected chi connectivity index (χ0v) is 17.1. The van der Waals surface area contributed by atoms with E-state index in [1.165, 1.54) is 11.8 Å². The molecule has 0 bridgehead atoms. The van der Waals surface area contributed by atoms with Gasteiger partial charge in [-0.25, -0.2) is 4.98 Å². The van der Waals surface area contributed by atoms with Crippen LogP contribution in [0.4, 0.5) is 0 Å². The molecule has 28 heavy (non-hydrogen) atoms. The lowest BCUT2D eigenvalue weighted by Crippen LogP contribution is -2.55. The van der Waals surface area contributed by atoms with Crippen LogP contribution in [-0.2, 0) is 9.59 Å². The van der Waals surface area contributed by atoms with E-state index in [2.05, 4.69) is 4.98 Å². The molecule has 2 aromatic rings. The van der Waals surface area contributed by atoms with Gasteiger partial charge in [-0.05, 0) is 19.1 Å². The molecule has 1 aromatic carbocycles. The lowest BCUT2D eigenvalue weighted by atomic mass is 10.2. The Bertz CT molecular complexity index is 864. The first-order valence-electron chi connectivity index (χ1n) is 9.10. The molecule has 4 rings (SSSR count). The first kappa shape index (κ1) is 19.1. The van der Waals surface area contributed by atoms with E-state index < -0.39 is 6.10 Å². The third-order valence-corrected chi connectivity index (χ3v) is 6.77. The van der Waals surface area contributed by atoms with Crippen LogP contribution in [0.25, 0.3) is 0 Å². The van der Waals surface area contributed by atoms with E-state index in [9.17, 15) is 9.59 Å². The van der Waals surface area contributed by atoms with Gasteiger partial charge in [0.15, 0.2) is 15.8 Å². The number of hydrogen-bond donors (Lipinski definition) is 0. The van der Waals surface area contributed by atoms with E-state index >= 15 is 0 Å². The molecule has 1 aromatic heterocycles. The number of para-hydroxylation sites is 2. The fourth-order valence-corrected chi connectivity index (χ4v) is 4.89. The van der Waals surface area contributed by atoms with Gasteiger partial charge in [0.1, 0.15) is 6.61 Å². The van der Waals surface area contributed by atoms with E-state index in [1.54, 1.807) is 22.3 Å². The fourth-order valence-electron chi connectivity index (χ4n) is 3.13. The van der Waals surface area contributed by atoms with Crippen LogP contribution in [0, 0.1) is 6.92 Å². The lowest BCUT2D eigenvalue weighted by Gasteiger charge is -2.37. The topological polar surface area (TPSA) is 72.0 Å². The Balaban J connectivity index is 1.26. The second-order valence-electron chi connectivity index (χ2n) is 6.61. The van der Waals surface area contributed by atoms with Crippen molar-refractivity contribution in [1.82, 2.24) is 14.8 Å². The standard InChI is InChI=1S/C19H21N3O4S2/c1-13-11-27-19(20-13)28-12-17(23)21-6-8-22(9-7-21)18(24)16-10-25-14-4-2-3-5-15(14)26-16/h2-5,11,16H,6-10,12H2,1H3. The molecule has 2 aliphatic rings. The van der Waals surface area contributed by atoms with Crippen molar-refractivity contribution in [1.29, 1.82) is 0 Å². The minimum absolute atomic E-state index is 0.0797. The quantitative estimate of drug-likeness (QED) is 0.707. The molecule has 1 fully saturated rings. The number of piperazine rings is 1. The van der Waals surface area contributed by atoms with Crippen LogP contribution in [-0.4, -0.2) is 71.2 Å². The van der Waals surface area contributed by atoms with Gasteiger partial charge in [0, 0.05) is 37.3 Å². The van der Waals surface area contributed by atoms with Crippen molar-refractivity contribution in [3.05, 3.63) is 35.3 Å². The summed E-state index contributed by atoms with van der Waals surface area (Å²) < 4.78 is 12.4. The Labute approximate surface area is 171 Å². The average Bonchev–Trinajstić information content (AvgIpc) is 3.16. The van der Waals surface area contributed by atoms with Crippen LogP contribution in [0.3, 0.4) is 0 Å². The normalized spacial score (nSPS) is 18.8. The number of hydrogen-bond acceptors (Lipinski definition) is 7. The van der Waals surface area contributed by atoms with Gasteiger partial charge in [0.2, 0.25) is 12.0 Å². The van der Waals surface area contributed by atoms with Crippen molar-refractivity contribution in [2.75, 3.05) is 38.5 Å². The summed E-state index contributed by atoms with van der Waals surface area (Å²) in [6, 6.07) is 7.34. The van der Waals surface area contributed by atoms with E-state index in [-0.39, 0.29) is 18.4 Å². The Morgan fingerprint density at radius 2 is 1.89 bits per heavy atom. The number of carbonyl (C=O) groups is 2. The maximum absolute atomic E-state index is 12.8. The molecule has 0 aliphatic carbocycles. The van der Waals surface area contributed by atoms with Crippen LogP contribution in [0.5, 0.6) is 11.5 Å². The number of nitrogens with zero attached hydrogens (tertiary/aromatic N) is 3. The molecule has 0 radical (unpaired) electrons. The lowest BCUT2D eigenvalue weighted by molar-refractivity contribution is -0.145. The molecule has 2 amide bonds. The number of aryl methyl sites for hydroxylation is 1. The minimum Gasteiger partial charge on any atom is -0.485 e. The van der Waals surface area contributed by atoms with Crippen molar-refractivity contribution in [2.45, 2.75) is 17.4 Å². The van der Waals surface area contributed by atoms with Crippen molar-refractivity contribution in [3.63, 3.8) is 0 Å². The summed E-state index contributed by atoms with van der Waals surface area (Å²) in [6.45, 7) is 4.23. The molecule has 2 aliphatic heterocycles. The zero-order chi connectivity index (χ0) is 19.5. The summed E-state index contributed by atoms with van der Waals surface area (Å²) in [5, 5.41) is 1.98. The number of rotatable bonds is 4. The summed E-state index contributed by atoms with van der Waals surface area (Å²) in [6.07, 6.45) is -0.638. The average molecular weight is 420 g/mol. The highest BCUT2D eigenvalue weighted by atomic mass is 32.2. The van der Waals surface area contributed by atoms with Gasteiger partial charge in [-0.2, -0.15) is 0 Å². The molecule has 0 saturated carbocycles. The second kappa shape index (κ2) is 8.40. The number of carbonyl (C=O) groups excluding carboxylic acids is 2. The third kappa shape index (κ3) is 4.25. The Morgan fingerprint density at radius 1 is 1.18 bits per heavy atom. The molecule has 0 spiro atoms. The summed E-state index contributed by atoms with van der Waals surface area (Å²) in [7, 11) is 0. The minimum atomic E-state index is -0.638. The highest BCUT2D eigenvalue weighted by Crippen LogP contribution is 2.31. The number of thioether (sulfide) groups is 1. The van der Waals surface area contributed by atoms with E-state index in [0.29, 0.717) is 43.4 Å². The van der Waals surface area contributed by atoms with Gasteiger partial charge < -0.3 is 19.3 Å². The Morgan fingerprint density at radius 3 is 2.61 bits per heavy atom. The first-order valence-corrected chi connectivity index (χ1v) is 11.0. The predicted molar refractivity (Wildman–Crippen MR) is 107 cm³/mol. The predicted octanol–water partition coefficient (Wildman–Crippen LogP) is 2.05. The van der Waals surface area contributed by atoms with Crippen molar-refractivity contribution in [2.24, 2.45) is 0 Å². The molecule has 148 valence electrons. The van der Waals surface area contributed by atoms with Gasteiger partial charge in [-0.3, -0.25) is 9.59 Å². The SMILES string of the molecule is Cc1csc(SCC(=O)N2CCN(C(=O)C3COc4ccccc4O3)CC2)n1. The summed E-state index contributed by atoms with van der Waals surface area (Å²) >= 11 is 3.02. The molecule has 1 unspecified atom stereocenters. The molecule has 7 nitrogen and oxygen atoms in total. The maximum atomic E-state index is 12.8. The fraction of sp³-hybridized carbons (Fsp3) is 0.421. The maximum Gasteiger partial charge on any atom is 0.267 e. The van der Waals surface area contributed by atoms with Crippen LogP contribution < -0.4 is 9.47 Å². The number of fused-ring (bicyclic) bond motifs is 1. The summed E-state index contributed by atoms with van der Waals surface area (Å²) in [5.41, 5.74) is 0.976. The van der Waals surface area contributed by atoms with Gasteiger partial charge >= 0.3 is 0 Å².